The largest absolute Gasteiger partial charge is 0.299 e. The summed E-state index contributed by atoms with van der Waals surface area (Å²) in [5, 5.41) is 0. The summed E-state index contributed by atoms with van der Waals surface area (Å²) in [4.78, 5) is 11.6. The molecule has 72 valence electrons. The molecule has 1 heteroatoms. The molecule has 0 aliphatic carbocycles. The number of Topliss-reactive ketones (excluding diaryl/α,β-unsaturated/α-hetero) is 1. The first-order valence-electron chi connectivity index (χ1n) is 5.17. The molecule has 12 heavy (non-hydrogen) atoms. The molecule has 0 N–H and O–H groups in total. The van der Waals surface area contributed by atoms with Crippen LogP contribution in [-0.4, -0.2) is 5.78 Å². The summed E-state index contributed by atoms with van der Waals surface area (Å²) >= 11 is 0. The predicted molar refractivity (Wildman–Crippen MR) is 53.2 cm³/mol. The molecule has 2 atom stereocenters. The Morgan fingerprint density at radius 3 is 1.58 bits per heavy atom. The van der Waals surface area contributed by atoms with E-state index in [1.54, 1.807) is 0 Å². The highest BCUT2D eigenvalue weighted by Gasteiger charge is 2.17. The van der Waals surface area contributed by atoms with Crippen LogP contribution < -0.4 is 0 Å². The van der Waals surface area contributed by atoms with E-state index in [9.17, 15) is 4.79 Å². The summed E-state index contributed by atoms with van der Waals surface area (Å²) in [6.45, 7) is 8.37. The Hall–Kier alpha value is -0.330. The third kappa shape index (κ3) is 3.89. The van der Waals surface area contributed by atoms with Crippen molar-refractivity contribution in [2.75, 3.05) is 0 Å². The van der Waals surface area contributed by atoms with Gasteiger partial charge in [0.15, 0.2) is 0 Å². The number of carbonyl (C=O) groups is 1. The first-order valence-corrected chi connectivity index (χ1v) is 5.17. The van der Waals surface area contributed by atoms with Crippen molar-refractivity contribution < 1.29 is 4.79 Å². The van der Waals surface area contributed by atoms with Crippen molar-refractivity contribution in [1.29, 1.82) is 0 Å². The first kappa shape index (κ1) is 11.7. The maximum absolute atomic E-state index is 11.6. The maximum atomic E-state index is 11.6. The maximum Gasteiger partial charge on any atom is 0.138 e. The van der Waals surface area contributed by atoms with Gasteiger partial charge in [0.05, 0.1) is 0 Å². The van der Waals surface area contributed by atoms with E-state index in [0.717, 1.165) is 25.7 Å². The van der Waals surface area contributed by atoms with Gasteiger partial charge in [0, 0.05) is 11.8 Å². The molecule has 0 saturated carbocycles. The topological polar surface area (TPSA) is 17.1 Å². The van der Waals surface area contributed by atoms with E-state index < -0.39 is 0 Å². The molecule has 0 aromatic rings. The average molecular weight is 170 g/mol. The molecule has 0 aliphatic heterocycles. The van der Waals surface area contributed by atoms with Crippen LogP contribution >= 0.6 is 0 Å². The average Bonchev–Trinajstić information content (AvgIpc) is 2.04. The second-order valence-electron chi connectivity index (χ2n) is 3.78. The van der Waals surface area contributed by atoms with Crippen LogP contribution in [0.25, 0.3) is 0 Å². The SMILES string of the molecule is CCC[C@@H](C)C(=O)[C@H](C)CCC. The molecular formula is C11H22O. The Morgan fingerprint density at radius 2 is 1.33 bits per heavy atom. The predicted octanol–water partition coefficient (Wildman–Crippen LogP) is 3.43. The zero-order valence-corrected chi connectivity index (χ0v) is 8.89. The number of carbonyl (C=O) groups excluding carboxylic acids is 1. The summed E-state index contributed by atoms with van der Waals surface area (Å²) < 4.78 is 0. The van der Waals surface area contributed by atoms with Gasteiger partial charge in [-0.1, -0.05) is 40.5 Å². The van der Waals surface area contributed by atoms with Crippen molar-refractivity contribution >= 4 is 5.78 Å². The van der Waals surface area contributed by atoms with Gasteiger partial charge in [0.1, 0.15) is 5.78 Å². The van der Waals surface area contributed by atoms with Gasteiger partial charge in [-0.3, -0.25) is 4.79 Å². The number of hydrogen-bond donors (Lipinski definition) is 0. The summed E-state index contributed by atoms with van der Waals surface area (Å²) in [7, 11) is 0. The van der Waals surface area contributed by atoms with E-state index in [-0.39, 0.29) is 11.8 Å². The second kappa shape index (κ2) is 6.22. The van der Waals surface area contributed by atoms with Gasteiger partial charge in [0.25, 0.3) is 0 Å². The fourth-order valence-corrected chi connectivity index (χ4v) is 1.64. The number of ketones is 1. The van der Waals surface area contributed by atoms with Crippen molar-refractivity contribution in [3.05, 3.63) is 0 Å². The number of rotatable bonds is 6. The summed E-state index contributed by atoms with van der Waals surface area (Å²) in [5.41, 5.74) is 0. The zero-order valence-electron chi connectivity index (χ0n) is 8.89. The highest BCUT2D eigenvalue weighted by Crippen LogP contribution is 2.16. The van der Waals surface area contributed by atoms with Gasteiger partial charge in [-0.2, -0.15) is 0 Å². The molecule has 1 nitrogen and oxygen atoms in total. The van der Waals surface area contributed by atoms with Gasteiger partial charge in [-0.25, -0.2) is 0 Å². The van der Waals surface area contributed by atoms with Gasteiger partial charge < -0.3 is 0 Å². The molecule has 0 amide bonds. The third-order valence-electron chi connectivity index (χ3n) is 2.41. The minimum absolute atomic E-state index is 0.275. The molecule has 0 fully saturated rings. The van der Waals surface area contributed by atoms with Crippen LogP contribution in [0, 0.1) is 11.8 Å². The van der Waals surface area contributed by atoms with Crippen molar-refractivity contribution in [2.45, 2.75) is 53.4 Å². The van der Waals surface area contributed by atoms with Gasteiger partial charge in [-0.15, -0.1) is 0 Å². The van der Waals surface area contributed by atoms with Crippen molar-refractivity contribution in [3.63, 3.8) is 0 Å². The van der Waals surface area contributed by atoms with E-state index >= 15 is 0 Å². The fraction of sp³-hybridized carbons (Fsp3) is 0.909. The molecule has 0 radical (unpaired) electrons. The Bertz CT molecular complexity index is 115. The smallest absolute Gasteiger partial charge is 0.138 e. The third-order valence-corrected chi connectivity index (χ3v) is 2.41. The Kier molecular flexibility index (Phi) is 6.04. The lowest BCUT2D eigenvalue weighted by atomic mass is 9.89. The van der Waals surface area contributed by atoms with E-state index in [0.29, 0.717) is 5.78 Å². The Labute approximate surface area is 76.6 Å². The van der Waals surface area contributed by atoms with Gasteiger partial charge in [0.2, 0.25) is 0 Å². The Morgan fingerprint density at radius 1 is 1.00 bits per heavy atom. The van der Waals surface area contributed by atoms with E-state index in [1.165, 1.54) is 0 Å². The zero-order chi connectivity index (χ0) is 9.56. The quantitative estimate of drug-likeness (QED) is 0.597. The summed E-state index contributed by atoms with van der Waals surface area (Å²) in [5.74, 6) is 1.01. The lowest BCUT2D eigenvalue weighted by molar-refractivity contribution is -0.126. The molecular weight excluding hydrogens is 148 g/mol. The monoisotopic (exact) mass is 170 g/mol. The second-order valence-corrected chi connectivity index (χ2v) is 3.78. The minimum atomic E-state index is 0.275. The van der Waals surface area contributed by atoms with Crippen molar-refractivity contribution in [3.8, 4) is 0 Å². The number of hydrogen-bond acceptors (Lipinski definition) is 1. The lowest BCUT2D eigenvalue weighted by Crippen LogP contribution is -2.19. The van der Waals surface area contributed by atoms with Crippen molar-refractivity contribution in [1.82, 2.24) is 0 Å². The molecule has 0 spiro atoms. The van der Waals surface area contributed by atoms with E-state index in [4.69, 9.17) is 0 Å². The molecule has 0 aromatic heterocycles. The van der Waals surface area contributed by atoms with Crippen LogP contribution in [0.2, 0.25) is 0 Å². The highest BCUT2D eigenvalue weighted by atomic mass is 16.1. The van der Waals surface area contributed by atoms with Crippen LogP contribution in [0.4, 0.5) is 0 Å². The standard InChI is InChI=1S/C11H22O/c1-5-7-9(3)11(12)10(4)8-6-2/h9-10H,5-8H2,1-4H3/t9-,10-/m1/s1. The molecule has 0 aliphatic rings. The molecule has 0 rings (SSSR count). The van der Waals surface area contributed by atoms with E-state index in [2.05, 4.69) is 27.7 Å². The molecule has 0 bridgehead atoms. The van der Waals surface area contributed by atoms with Gasteiger partial charge in [-0.05, 0) is 12.8 Å². The van der Waals surface area contributed by atoms with Crippen LogP contribution in [0.3, 0.4) is 0 Å². The first-order chi connectivity index (χ1) is 5.63. The molecule has 0 heterocycles. The minimum Gasteiger partial charge on any atom is -0.299 e. The summed E-state index contributed by atoms with van der Waals surface area (Å²) in [6.07, 6.45) is 4.33. The van der Waals surface area contributed by atoms with Crippen molar-refractivity contribution in [2.24, 2.45) is 11.8 Å². The molecule has 0 aromatic carbocycles. The van der Waals surface area contributed by atoms with Crippen LogP contribution in [0.15, 0.2) is 0 Å². The van der Waals surface area contributed by atoms with Crippen LogP contribution in [-0.2, 0) is 4.79 Å². The fourth-order valence-electron chi connectivity index (χ4n) is 1.64. The summed E-state index contributed by atoms with van der Waals surface area (Å²) in [6, 6.07) is 0. The van der Waals surface area contributed by atoms with Crippen LogP contribution in [0.5, 0.6) is 0 Å². The molecule has 0 saturated heterocycles. The van der Waals surface area contributed by atoms with E-state index in [1.807, 2.05) is 0 Å². The van der Waals surface area contributed by atoms with Gasteiger partial charge >= 0.3 is 0 Å². The Balaban J connectivity index is 3.82. The lowest BCUT2D eigenvalue weighted by Gasteiger charge is -2.14. The highest BCUT2D eigenvalue weighted by molar-refractivity contribution is 5.82. The molecule has 0 unspecified atom stereocenters. The normalized spacial score (nSPS) is 15.7. The van der Waals surface area contributed by atoms with Crippen LogP contribution in [0.1, 0.15) is 53.4 Å².